The minimum atomic E-state index is -0.308. The number of nitrogens with one attached hydrogen (secondary N) is 1. The summed E-state index contributed by atoms with van der Waals surface area (Å²) in [6.07, 6.45) is 4.90. The molecule has 3 fully saturated rings. The van der Waals surface area contributed by atoms with Crippen LogP contribution in [0.4, 0.5) is 0 Å². The van der Waals surface area contributed by atoms with Crippen LogP contribution in [-0.2, 0) is 11.3 Å². The number of H-pyrrole nitrogens is 1. The Kier molecular flexibility index (Phi) is 3.57. The van der Waals surface area contributed by atoms with Crippen molar-refractivity contribution in [3.8, 4) is 5.75 Å². The van der Waals surface area contributed by atoms with Gasteiger partial charge in [0.2, 0.25) is 5.91 Å². The molecule has 4 heterocycles. The summed E-state index contributed by atoms with van der Waals surface area (Å²) in [5.74, 6) is 1.54. The molecule has 1 spiro atoms. The Morgan fingerprint density at radius 3 is 3.04 bits per heavy atom. The van der Waals surface area contributed by atoms with E-state index in [4.69, 9.17) is 4.74 Å². The van der Waals surface area contributed by atoms with Gasteiger partial charge in [-0.2, -0.15) is 5.10 Å². The van der Waals surface area contributed by atoms with Crippen LogP contribution in [0, 0.1) is 5.92 Å². The highest BCUT2D eigenvalue weighted by Crippen LogP contribution is 2.55. The lowest BCUT2D eigenvalue weighted by Crippen LogP contribution is -2.49. The summed E-state index contributed by atoms with van der Waals surface area (Å²) in [7, 11) is 1.69. The predicted octanol–water partition coefficient (Wildman–Crippen LogP) is 2.36. The highest BCUT2D eigenvalue weighted by molar-refractivity contribution is 5.90. The molecular weight excluding hydrogens is 328 g/mol. The smallest absolute Gasteiger partial charge is 0.243 e. The number of rotatable bonds is 4. The van der Waals surface area contributed by atoms with E-state index in [0.29, 0.717) is 24.4 Å². The fourth-order valence-electron chi connectivity index (χ4n) is 5.50. The first-order chi connectivity index (χ1) is 12.7. The summed E-state index contributed by atoms with van der Waals surface area (Å²) in [5.41, 5.74) is 1.91. The number of aromatic amines is 1. The SMILES string of the molecule is COc1ccccc1CN1C[C@@H]2C[C@@H](c3ccn[nH]3)N3CCC[C@@]23C1=O. The standard InChI is InChI=1S/C20H24N4O2/c1-26-18-6-3-2-5-14(18)12-23-13-15-11-17(16-7-9-21-22-16)24-10-4-8-20(15,24)19(23)25/h2-3,5-7,9,15,17H,4,8,10-13H2,1H3,(H,21,22)/t15-,17-,20-/m0/s1. The highest BCUT2D eigenvalue weighted by Gasteiger charge is 2.65. The van der Waals surface area contributed by atoms with Crippen LogP contribution in [0.1, 0.15) is 36.6 Å². The molecule has 1 N–H and O–H groups in total. The number of hydrogen-bond donors (Lipinski definition) is 1. The number of carbonyl (C=O) groups excluding carboxylic acids is 1. The third-order valence-electron chi connectivity index (χ3n) is 6.56. The van der Waals surface area contributed by atoms with Crippen molar-refractivity contribution in [2.45, 2.75) is 37.4 Å². The van der Waals surface area contributed by atoms with E-state index in [-0.39, 0.29) is 5.54 Å². The van der Waals surface area contributed by atoms with Gasteiger partial charge in [0.15, 0.2) is 0 Å². The summed E-state index contributed by atoms with van der Waals surface area (Å²) in [5, 5.41) is 7.25. The van der Waals surface area contributed by atoms with E-state index in [1.54, 1.807) is 7.11 Å². The van der Waals surface area contributed by atoms with Crippen molar-refractivity contribution in [2.24, 2.45) is 5.92 Å². The highest BCUT2D eigenvalue weighted by atomic mass is 16.5. The van der Waals surface area contributed by atoms with Crippen molar-refractivity contribution in [3.63, 3.8) is 0 Å². The van der Waals surface area contributed by atoms with Crippen molar-refractivity contribution < 1.29 is 9.53 Å². The molecule has 5 rings (SSSR count). The Balaban J connectivity index is 1.43. The second kappa shape index (κ2) is 5.84. The number of likely N-dealkylation sites (tertiary alicyclic amines) is 1. The maximum atomic E-state index is 13.5. The average molecular weight is 352 g/mol. The molecule has 1 aromatic heterocycles. The normalized spacial score (nSPS) is 30.7. The molecule has 3 aliphatic rings. The van der Waals surface area contributed by atoms with E-state index in [1.807, 2.05) is 29.3 Å². The van der Waals surface area contributed by atoms with E-state index < -0.39 is 0 Å². The zero-order chi connectivity index (χ0) is 17.7. The maximum Gasteiger partial charge on any atom is 0.243 e. The van der Waals surface area contributed by atoms with Crippen molar-refractivity contribution in [2.75, 3.05) is 20.2 Å². The molecule has 3 aliphatic heterocycles. The number of methoxy groups -OCH3 is 1. The van der Waals surface area contributed by atoms with Gasteiger partial charge in [0.05, 0.1) is 18.8 Å². The van der Waals surface area contributed by atoms with Crippen molar-refractivity contribution in [1.82, 2.24) is 20.0 Å². The zero-order valence-corrected chi connectivity index (χ0v) is 15.0. The van der Waals surface area contributed by atoms with Gasteiger partial charge in [-0.15, -0.1) is 0 Å². The van der Waals surface area contributed by atoms with Gasteiger partial charge in [0.1, 0.15) is 11.3 Å². The van der Waals surface area contributed by atoms with Gasteiger partial charge in [-0.1, -0.05) is 18.2 Å². The Bertz CT molecular complexity index is 821. The van der Waals surface area contributed by atoms with Crippen molar-refractivity contribution in [1.29, 1.82) is 0 Å². The lowest BCUT2D eigenvalue weighted by molar-refractivity contribution is -0.137. The van der Waals surface area contributed by atoms with E-state index in [1.165, 1.54) is 0 Å². The van der Waals surface area contributed by atoms with E-state index in [2.05, 4.69) is 27.2 Å². The summed E-state index contributed by atoms with van der Waals surface area (Å²) >= 11 is 0. The Labute approximate surface area is 153 Å². The van der Waals surface area contributed by atoms with Crippen LogP contribution >= 0.6 is 0 Å². The van der Waals surface area contributed by atoms with Crippen LogP contribution in [0.15, 0.2) is 36.5 Å². The summed E-state index contributed by atoms with van der Waals surface area (Å²) in [6, 6.07) is 10.3. The number of amides is 1. The summed E-state index contributed by atoms with van der Waals surface area (Å²) < 4.78 is 5.48. The number of ether oxygens (including phenoxy) is 1. The van der Waals surface area contributed by atoms with Gasteiger partial charge < -0.3 is 9.64 Å². The molecule has 0 saturated carbocycles. The fourth-order valence-corrected chi connectivity index (χ4v) is 5.50. The van der Waals surface area contributed by atoms with Crippen LogP contribution in [-0.4, -0.2) is 51.6 Å². The van der Waals surface area contributed by atoms with Gasteiger partial charge in [0, 0.05) is 30.8 Å². The van der Waals surface area contributed by atoms with Crippen molar-refractivity contribution in [3.05, 3.63) is 47.8 Å². The lowest BCUT2D eigenvalue weighted by atomic mass is 9.85. The molecule has 3 saturated heterocycles. The molecule has 0 unspecified atom stereocenters. The molecule has 1 amide bonds. The molecule has 0 bridgehead atoms. The first-order valence-electron chi connectivity index (χ1n) is 9.41. The van der Waals surface area contributed by atoms with E-state index in [9.17, 15) is 4.79 Å². The Hall–Kier alpha value is -2.34. The van der Waals surface area contributed by atoms with Crippen LogP contribution in [0.2, 0.25) is 0 Å². The number of para-hydroxylation sites is 1. The quantitative estimate of drug-likeness (QED) is 0.918. The van der Waals surface area contributed by atoms with Gasteiger partial charge in [-0.05, 0) is 37.9 Å². The van der Waals surface area contributed by atoms with Crippen LogP contribution in [0.5, 0.6) is 5.75 Å². The second-order valence-corrected chi connectivity index (χ2v) is 7.68. The predicted molar refractivity (Wildman–Crippen MR) is 96.5 cm³/mol. The van der Waals surface area contributed by atoms with Gasteiger partial charge in [-0.25, -0.2) is 0 Å². The number of benzene rings is 1. The van der Waals surface area contributed by atoms with Gasteiger partial charge in [0.25, 0.3) is 0 Å². The minimum Gasteiger partial charge on any atom is -0.496 e. The molecule has 0 aliphatic carbocycles. The van der Waals surface area contributed by atoms with E-state index in [0.717, 1.165) is 49.4 Å². The van der Waals surface area contributed by atoms with E-state index >= 15 is 0 Å². The van der Waals surface area contributed by atoms with Crippen LogP contribution in [0.25, 0.3) is 0 Å². The summed E-state index contributed by atoms with van der Waals surface area (Å²) in [6.45, 7) is 2.45. The first kappa shape index (κ1) is 15.9. The number of nitrogens with zero attached hydrogens (tertiary/aromatic N) is 3. The number of carbonyl (C=O) groups is 1. The van der Waals surface area contributed by atoms with Crippen LogP contribution < -0.4 is 4.74 Å². The van der Waals surface area contributed by atoms with Crippen molar-refractivity contribution >= 4 is 5.91 Å². The molecule has 26 heavy (non-hydrogen) atoms. The molecule has 0 radical (unpaired) electrons. The van der Waals surface area contributed by atoms with Gasteiger partial charge >= 0.3 is 0 Å². The topological polar surface area (TPSA) is 61.5 Å². The Morgan fingerprint density at radius 1 is 1.35 bits per heavy atom. The largest absolute Gasteiger partial charge is 0.496 e. The fraction of sp³-hybridized carbons (Fsp3) is 0.500. The maximum absolute atomic E-state index is 13.5. The first-order valence-corrected chi connectivity index (χ1v) is 9.41. The average Bonchev–Trinajstić information content (AvgIpc) is 3.41. The van der Waals surface area contributed by atoms with Gasteiger partial charge in [-0.3, -0.25) is 14.8 Å². The molecular formula is C20H24N4O2. The second-order valence-electron chi connectivity index (χ2n) is 7.68. The minimum absolute atomic E-state index is 0.294. The monoisotopic (exact) mass is 352 g/mol. The number of hydrogen-bond acceptors (Lipinski definition) is 4. The molecule has 1 aromatic carbocycles. The third kappa shape index (κ3) is 2.08. The lowest BCUT2D eigenvalue weighted by Gasteiger charge is -2.33. The molecule has 3 atom stereocenters. The molecule has 2 aromatic rings. The molecule has 6 heteroatoms. The van der Waals surface area contributed by atoms with Crippen LogP contribution in [0.3, 0.4) is 0 Å². The summed E-state index contributed by atoms with van der Waals surface area (Å²) in [4.78, 5) is 18.0. The molecule has 136 valence electrons. The third-order valence-corrected chi connectivity index (χ3v) is 6.56. The Morgan fingerprint density at radius 2 is 2.23 bits per heavy atom. The number of aromatic nitrogens is 2. The molecule has 6 nitrogen and oxygen atoms in total. The zero-order valence-electron chi connectivity index (χ0n) is 15.0.